The number of aliphatic hydroxyl groups is 1. The second-order valence-corrected chi connectivity index (χ2v) is 3.89. The molecule has 12 heavy (non-hydrogen) atoms. The minimum atomic E-state index is -0.0388. The van der Waals surface area contributed by atoms with Crippen LogP contribution in [0.4, 0.5) is 0 Å². The highest BCUT2D eigenvalue weighted by Gasteiger charge is 2.29. The molecule has 0 aromatic carbocycles. The predicted octanol–water partition coefficient (Wildman–Crippen LogP) is 1.88. The first kappa shape index (κ1) is 11.9. The summed E-state index contributed by atoms with van der Waals surface area (Å²) in [7, 11) is 0. The molecule has 0 aliphatic heterocycles. The molecule has 0 saturated heterocycles. The summed E-state index contributed by atoms with van der Waals surface area (Å²) in [5, 5.41) is 9.29. The van der Waals surface area contributed by atoms with Gasteiger partial charge in [0.25, 0.3) is 0 Å². The first-order valence-electron chi connectivity index (χ1n) is 4.89. The van der Waals surface area contributed by atoms with Gasteiger partial charge in [-0.05, 0) is 33.7 Å². The lowest BCUT2D eigenvalue weighted by molar-refractivity contribution is 0.0212. The molecule has 1 N–H and O–H groups in total. The van der Waals surface area contributed by atoms with Crippen molar-refractivity contribution < 1.29 is 5.11 Å². The molecule has 0 spiro atoms. The normalized spacial score (nSPS) is 17.0. The third kappa shape index (κ3) is 2.46. The first-order valence-corrected chi connectivity index (χ1v) is 4.89. The average molecular weight is 173 g/mol. The Kier molecular flexibility index (Phi) is 4.80. The van der Waals surface area contributed by atoms with Crippen molar-refractivity contribution in [2.75, 3.05) is 13.2 Å². The fourth-order valence-electron chi connectivity index (χ4n) is 1.78. The van der Waals surface area contributed by atoms with E-state index in [0.29, 0.717) is 6.04 Å². The van der Waals surface area contributed by atoms with Crippen LogP contribution in [0.15, 0.2) is 0 Å². The summed E-state index contributed by atoms with van der Waals surface area (Å²) in [5.41, 5.74) is -0.0388. The highest BCUT2D eigenvalue weighted by atomic mass is 16.3. The van der Waals surface area contributed by atoms with Crippen LogP contribution >= 0.6 is 0 Å². The van der Waals surface area contributed by atoms with Crippen LogP contribution in [0.2, 0.25) is 0 Å². The van der Waals surface area contributed by atoms with Crippen molar-refractivity contribution in [3.8, 4) is 0 Å². The molecule has 1 unspecified atom stereocenters. The van der Waals surface area contributed by atoms with Crippen molar-refractivity contribution in [1.82, 2.24) is 4.90 Å². The zero-order chi connectivity index (χ0) is 9.78. The van der Waals surface area contributed by atoms with E-state index in [2.05, 4.69) is 39.5 Å². The van der Waals surface area contributed by atoms with Gasteiger partial charge in [0.05, 0.1) is 6.61 Å². The van der Waals surface area contributed by atoms with Crippen LogP contribution in [0.25, 0.3) is 0 Å². The van der Waals surface area contributed by atoms with E-state index in [1.54, 1.807) is 0 Å². The Morgan fingerprint density at radius 3 is 1.92 bits per heavy atom. The SMILES string of the molecule is CCN(C(C)C)C(C)(CC)CO. The molecule has 0 aromatic heterocycles. The fourth-order valence-corrected chi connectivity index (χ4v) is 1.78. The minimum absolute atomic E-state index is 0.0388. The van der Waals surface area contributed by atoms with Crippen LogP contribution in [0.5, 0.6) is 0 Å². The second-order valence-electron chi connectivity index (χ2n) is 3.89. The molecule has 0 radical (unpaired) electrons. The highest BCUT2D eigenvalue weighted by molar-refractivity contribution is 4.85. The Bertz CT molecular complexity index is 119. The predicted molar refractivity (Wildman–Crippen MR) is 53.3 cm³/mol. The van der Waals surface area contributed by atoms with Crippen LogP contribution < -0.4 is 0 Å². The molecular formula is C10H23NO. The molecule has 2 nitrogen and oxygen atoms in total. The van der Waals surface area contributed by atoms with Crippen LogP contribution in [0, 0.1) is 0 Å². The van der Waals surface area contributed by atoms with E-state index >= 15 is 0 Å². The van der Waals surface area contributed by atoms with Gasteiger partial charge in [-0.25, -0.2) is 0 Å². The van der Waals surface area contributed by atoms with Gasteiger partial charge in [-0.3, -0.25) is 4.90 Å². The fraction of sp³-hybridized carbons (Fsp3) is 1.00. The van der Waals surface area contributed by atoms with Gasteiger partial charge in [0.2, 0.25) is 0 Å². The standard InChI is InChI=1S/C10H23NO/c1-6-10(5,8-12)11(7-2)9(3)4/h9,12H,6-8H2,1-5H3. The summed E-state index contributed by atoms with van der Waals surface area (Å²) < 4.78 is 0. The molecule has 0 bridgehead atoms. The van der Waals surface area contributed by atoms with Gasteiger partial charge in [0, 0.05) is 11.6 Å². The van der Waals surface area contributed by atoms with E-state index in [1.807, 2.05) is 0 Å². The smallest absolute Gasteiger partial charge is 0.0612 e. The van der Waals surface area contributed by atoms with Crippen molar-refractivity contribution in [3.63, 3.8) is 0 Å². The Morgan fingerprint density at radius 1 is 1.33 bits per heavy atom. The zero-order valence-electron chi connectivity index (χ0n) is 9.09. The maximum absolute atomic E-state index is 9.29. The Labute approximate surface area is 76.6 Å². The molecule has 0 saturated carbocycles. The van der Waals surface area contributed by atoms with Gasteiger partial charge in [-0.2, -0.15) is 0 Å². The summed E-state index contributed by atoms with van der Waals surface area (Å²) in [6, 6.07) is 0.507. The minimum Gasteiger partial charge on any atom is -0.394 e. The molecule has 0 amide bonds. The molecule has 74 valence electrons. The molecular weight excluding hydrogens is 150 g/mol. The van der Waals surface area contributed by atoms with Crippen molar-refractivity contribution in [2.45, 2.75) is 52.6 Å². The van der Waals surface area contributed by atoms with E-state index in [9.17, 15) is 5.11 Å². The summed E-state index contributed by atoms with van der Waals surface area (Å²) in [5.74, 6) is 0. The molecule has 1 atom stereocenters. The van der Waals surface area contributed by atoms with Crippen LogP contribution in [0.1, 0.15) is 41.0 Å². The van der Waals surface area contributed by atoms with Crippen LogP contribution in [0.3, 0.4) is 0 Å². The number of nitrogens with zero attached hydrogens (tertiary/aromatic N) is 1. The maximum Gasteiger partial charge on any atom is 0.0612 e. The largest absolute Gasteiger partial charge is 0.394 e. The summed E-state index contributed by atoms with van der Waals surface area (Å²) in [4.78, 5) is 2.34. The Balaban J connectivity index is 4.43. The summed E-state index contributed by atoms with van der Waals surface area (Å²) >= 11 is 0. The monoisotopic (exact) mass is 173 g/mol. The van der Waals surface area contributed by atoms with E-state index in [-0.39, 0.29) is 12.1 Å². The quantitative estimate of drug-likeness (QED) is 0.686. The van der Waals surface area contributed by atoms with Gasteiger partial charge in [0.1, 0.15) is 0 Å². The second kappa shape index (κ2) is 4.83. The van der Waals surface area contributed by atoms with Crippen molar-refractivity contribution in [1.29, 1.82) is 0 Å². The maximum atomic E-state index is 9.29. The molecule has 2 heteroatoms. The van der Waals surface area contributed by atoms with E-state index in [4.69, 9.17) is 0 Å². The number of rotatable bonds is 5. The van der Waals surface area contributed by atoms with E-state index < -0.39 is 0 Å². The molecule has 0 heterocycles. The highest BCUT2D eigenvalue weighted by Crippen LogP contribution is 2.20. The van der Waals surface area contributed by atoms with Crippen molar-refractivity contribution >= 4 is 0 Å². The topological polar surface area (TPSA) is 23.5 Å². The molecule has 0 aromatic rings. The van der Waals surface area contributed by atoms with Gasteiger partial charge in [0.15, 0.2) is 0 Å². The van der Waals surface area contributed by atoms with Gasteiger partial charge >= 0.3 is 0 Å². The van der Waals surface area contributed by atoms with Crippen LogP contribution in [-0.4, -0.2) is 34.7 Å². The lowest BCUT2D eigenvalue weighted by Gasteiger charge is -2.41. The van der Waals surface area contributed by atoms with Gasteiger partial charge in [-0.15, -0.1) is 0 Å². The lowest BCUT2D eigenvalue weighted by Crippen LogP contribution is -2.52. The Morgan fingerprint density at radius 2 is 1.83 bits per heavy atom. The van der Waals surface area contributed by atoms with Gasteiger partial charge in [-0.1, -0.05) is 13.8 Å². The van der Waals surface area contributed by atoms with Gasteiger partial charge < -0.3 is 5.11 Å². The molecule has 0 rings (SSSR count). The number of hydrogen-bond acceptors (Lipinski definition) is 2. The zero-order valence-corrected chi connectivity index (χ0v) is 9.09. The summed E-state index contributed by atoms with van der Waals surface area (Å²) in [6.07, 6.45) is 0.996. The van der Waals surface area contributed by atoms with E-state index in [0.717, 1.165) is 13.0 Å². The lowest BCUT2D eigenvalue weighted by atomic mass is 9.96. The van der Waals surface area contributed by atoms with Crippen molar-refractivity contribution in [3.05, 3.63) is 0 Å². The molecule has 0 aliphatic rings. The first-order chi connectivity index (χ1) is 5.51. The van der Waals surface area contributed by atoms with E-state index in [1.165, 1.54) is 0 Å². The summed E-state index contributed by atoms with van der Waals surface area (Å²) in [6.45, 7) is 12.0. The number of likely N-dealkylation sites (N-methyl/N-ethyl adjacent to an activating group) is 1. The van der Waals surface area contributed by atoms with Crippen molar-refractivity contribution in [2.24, 2.45) is 0 Å². The Hall–Kier alpha value is -0.0800. The third-order valence-corrected chi connectivity index (χ3v) is 2.76. The van der Waals surface area contributed by atoms with Crippen LogP contribution in [-0.2, 0) is 0 Å². The average Bonchev–Trinajstić information content (AvgIpc) is 2.04. The molecule has 0 aliphatic carbocycles. The molecule has 0 fully saturated rings. The number of hydrogen-bond donors (Lipinski definition) is 1. The third-order valence-electron chi connectivity index (χ3n) is 2.76. The number of aliphatic hydroxyl groups excluding tert-OH is 1.